The van der Waals surface area contributed by atoms with Crippen LogP contribution in [0.2, 0.25) is 0 Å². The lowest BCUT2D eigenvalue weighted by molar-refractivity contribution is -0.121. The smallest absolute Gasteiger partial charge is 0.221 e. The van der Waals surface area contributed by atoms with Gasteiger partial charge in [-0.15, -0.1) is 21.5 Å². The predicted octanol–water partition coefficient (Wildman–Crippen LogP) is 1.47. The van der Waals surface area contributed by atoms with Crippen LogP contribution in [0.4, 0.5) is 0 Å². The van der Waals surface area contributed by atoms with Gasteiger partial charge in [-0.3, -0.25) is 4.79 Å². The van der Waals surface area contributed by atoms with Gasteiger partial charge in [0.2, 0.25) is 5.91 Å². The Morgan fingerprint density at radius 1 is 1.50 bits per heavy atom. The minimum atomic E-state index is -0.194. The van der Waals surface area contributed by atoms with Crippen molar-refractivity contribution in [1.29, 1.82) is 0 Å². The van der Waals surface area contributed by atoms with Crippen LogP contribution in [0.1, 0.15) is 10.4 Å². The highest BCUT2D eigenvalue weighted by Crippen LogP contribution is 2.38. The second-order valence-corrected chi connectivity index (χ2v) is 5.78. The summed E-state index contributed by atoms with van der Waals surface area (Å²) in [6.07, 6.45) is 1.56. The maximum atomic E-state index is 11.1. The molecule has 0 spiro atoms. The Bertz CT molecular complexity index is 509. The summed E-state index contributed by atoms with van der Waals surface area (Å²) < 4.78 is 0. The summed E-state index contributed by atoms with van der Waals surface area (Å²) in [5, 5.41) is 8.82. The number of carbonyl (C=O) groups excluding carboxylic acids is 1. The molecule has 0 saturated heterocycles. The Kier molecular flexibility index (Phi) is 2.26. The first-order valence-corrected chi connectivity index (χ1v) is 6.61. The summed E-state index contributed by atoms with van der Waals surface area (Å²) in [5.74, 6) is -0.203. The Morgan fingerprint density at radius 3 is 3.00 bits per heavy atom. The summed E-state index contributed by atoms with van der Waals surface area (Å²) in [7, 11) is 0. The monoisotopic (exact) mass is 251 g/mol. The van der Waals surface area contributed by atoms with Gasteiger partial charge >= 0.3 is 0 Å². The first-order chi connectivity index (χ1) is 7.74. The molecule has 1 amide bonds. The number of hydrogen-bond acceptors (Lipinski definition) is 5. The average Bonchev–Trinajstić information content (AvgIpc) is 2.91. The van der Waals surface area contributed by atoms with Gasteiger partial charge < -0.3 is 5.73 Å². The first-order valence-electron chi connectivity index (χ1n) is 4.91. The number of carbonyl (C=O) groups is 1. The molecule has 0 aromatic carbocycles. The minimum Gasteiger partial charge on any atom is -0.369 e. The zero-order valence-corrected chi connectivity index (χ0v) is 9.98. The SMILES string of the molecule is NC(=O)C1Cc2cc(-c3nncs3)sc2C1. The topological polar surface area (TPSA) is 68.9 Å². The van der Waals surface area contributed by atoms with Gasteiger partial charge in [-0.05, 0) is 24.5 Å². The lowest BCUT2D eigenvalue weighted by atomic mass is 10.1. The van der Waals surface area contributed by atoms with Crippen LogP contribution >= 0.6 is 22.7 Å². The molecule has 82 valence electrons. The van der Waals surface area contributed by atoms with E-state index in [0.717, 1.165) is 22.7 Å². The molecular formula is C10H9N3OS2. The molecule has 2 heterocycles. The zero-order chi connectivity index (χ0) is 11.1. The standard InChI is InChI=1S/C10H9N3OS2/c11-9(14)6-1-5-2-8(16-7(5)3-6)10-13-12-4-15-10/h2,4,6H,1,3H2,(H2,11,14). The molecular weight excluding hydrogens is 242 g/mol. The quantitative estimate of drug-likeness (QED) is 0.878. The summed E-state index contributed by atoms with van der Waals surface area (Å²) in [4.78, 5) is 13.5. The number of aromatic nitrogens is 2. The minimum absolute atomic E-state index is 0.00952. The van der Waals surface area contributed by atoms with E-state index in [0.29, 0.717) is 0 Å². The number of primary amides is 1. The zero-order valence-electron chi connectivity index (χ0n) is 8.34. The van der Waals surface area contributed by atoms with Crippen molar-refractivity contribution in [3.63, 3.8) is 0 Å². The summed E-state index contributed by atoms with van der Waals surface area (Å²) >= 11 is 3.24. The molecule has 0 bridgehead atoms. The third-order valence-electron chi connectivity index (χ3n) is 2.77. The van der Waals surface area contributed by atoms with Crippen LogP contribution in [0, 0.1) is 5.92 Å². The molecule has 0 fully saturated rings. The molecule has 1 unspecified atom stereocenters. The molecule has 0 saturated carbocycles. The summed E-state index contributed by atoms with van der Waals surface area (Å²) in [5.41, 5.74) is 8.29. The van der Waals surface area contributed by atoms with Crippen molar-refractivity contribution in [2.24, 2.45) is 11.7 Å². The van der Waals surface area contributed by atoms with E-state index >= 15 is 0 Å². The fourth-order valence-electron chi connectivity index (χ4n) is 1.96. The van der Waals surface area contributed by atoms with Crippen LogP contribution in [-0.2, 0) is 17.6 Å². The van der Waals surface area contributed by atoms with Crippen LogP contribution in [-0.4, -0.2) is 16.1 Å². The van der Waals surface area contributed by atoms with E-state index in [1.54, 1.807) is 16.8 Å². The van der Waals surface area contributed by atoms with Crippen molar-refractivity contribution in [3.8, 4) is 9.88 Å². The van der Waals surface area contributed by atoms with E-state index in [-0.39, 0.29) is 11.8 Å². The number of thiophene rings is 1. The van der Waals surface area contributed by atoms with Gasteiger partial charge in [-0.25, -0.2) is 0 Å². The lowest BCUT2D eigenvalue weighted by Crippen LogP contribution is -2.23. The van der Waals surface area contributed by atoms with Gasteiger partial charge in [0, 0.05) is 10.8 Å². The fourth-order valence-corrected chi connectivity index (χ4v) is 3.85. The van der Waals surface area contributed by atoms with Crippen LogP contribution < -0.4 is 5.73 Å². The molecule has 4 nitrogen and oxygen atoms in total. The average molecular weight is 251 g/mol. The van der Waals surface area contributed by atoms with Gasteiger partial charge in [-0.2, -0.15) is 0 Å². The highest BCUT2D eigenvalue weighted by atomic mass is 32.1. The van der Waals surface area contributed by atoms with Gasteiger partial charge in [0.1, 0.15) is 5.51 Å². The van der Waals surface area contributed by atoms with Crippen molar-refractivity contribution in [3.05, 3.63) is 22.0 Å². The van der Waals surface area contributed by atoms with Crippen molar-refractivity contribution in [1.82, 2.24) is 10.2 Å². The first kappa shape index (κ1) is 9.92. The number of rotatable bonds is 2. The molecule has 0 radical (unpaired) electrons. The van der Waals surface area contributed by atoms with E-state index < -0.39 is 0 Å². The van der Waals surface area contributed by atoms with Gasteiger partial charge in [-0.1, -0.05) is 11.3 Å². The van der Waals surface area contributed by atoms with Crippen LogP contribution in [0.3, 0.4) is 0 Å². The maximum Gasteiger partial charge on any atom is 0.221 e. The second kappa shape index (κ2) is 3.64. The molecule has 16 heavy (non-hydrogen) atoms. The molecule has 2 N–H and O–H groups in total. The van der Waals surface area contributed by atoms with Gasteiger partial charge in [0.15, 0.2) is 5.01 Å². The van der Waals surface area contributed by atoms with Crippen LogP contribution in [0.5, 0.6) is 0 Å². The predicted molar refractivity (Wildman–Crippen MR) is 63.3 cm³/mol. The number of nitrogens with two attached hydrogens (primary N) is 1. The van der Waals surface area contributed by atoms with E-state index in [1.807, 2.05) is 0 Å². The highest BCUT2D eigenvalue weighted by Gasteiger charge is 2.28. The Hall–Kier alpha value is -1.27. The van der Waals surface area contributed by atoms with Crippen molar-refractivity contribution >= 4 is 28.6 Å². The molecule has 2 aromatic heterocycles. The van der Waals surface area contributed by atoms with Crippen molar-refractivity contribution < 1.29 is 4.79 Å². The largest absolute Gasteiger partial charge is 0.369 e. The molecule has 0 aliphatic heterocycles. The van der Waals surface area contributed by atoms with Crippen molar-refractivity contribution in [2.45, 2.75) is 12.8 Å². The second-order valence-electron chi connectivity index (χ2n) is 3.81. The third kappa shape index (κ3) is 1.54. The summed E-state index contributed by atoms with van der Waals surface area (Å²) in [6.45, 7) is 0. The molecule has 1 aliphatic carbocycles. The fraction of sp³-hybridized carbons (Fsp3) is 0.300. The van der Waals surface area contributed by atoms with E-state index in [4.69, 9.17) is 5.73 Å². The maximum absolute atomic E-state index is 11.1. The number of amides is 1. The number of fused-ring (bicyclic) bond motifs is 1. The normalized spacial score (nSPS) is 18.6. The van der Waals surface area contributed by atoms with Crippen LogP contribution in [0.25, 0.3) is 9.88 Å². The van der Waals surface area contributed by atoms with E-state index in [2.05, 4.69) is 16.3 Å². The lowest BCUT2D eigenvalue weighted by Gasteiger charge is -2.01. The molecule has 1 aliphatic rings. The Labute approximate surface area is 100 Å². The summed E-state index contributed by atoms with van der Waals surface area (Å²) in [6, 6.07) is 2.11. The van der Waals surface area contributed by atoms with Crippen LogP contribution in [0.15, 0.2) is 11.6 Å². The van der Waals surface area contributed by atoms with E-state index in [9.17, 15) is 4.79 Å². The number of hydrogen-bond donors (Lipinski definition) is 1. The number of nitrogens with zero attached hydrogens (tertiary/aromatic N) is 2. The Balaban J connectivity index is 1.90. The molecule has 2 aromatic rings. The third-order valence-corrected chi connectivity index (χ3v) is 4.83. The molecule has 3 rings (SSSR count). The molecule has 6 heteroatoms. The van der Waals surface area contributed by atoms with Gasteiger partial charge in [0.25, 0.3) is 0 Å². The highest BCUT2D eigenvalue weighted by molar-refractivity contribution is 7.21. The van der Waals surface area contributed by atoms with Crippen molar-refractivity contribution in [2.75, 3.05) is 0 Å². The van der Waals surface area contributed by atoms with Gasteiger partial charge in [0.05, 0.1) is 4.88 Å². The van der Waals surface area contributed by atoms with E-state index in [1.165, 1.54) is 21.8 Å². The molecule has 1 atom stereocenters. The Morgan fingerprint density at radius 2 is 2.38 bits per heavy atom.